The van der Waals surface area contributed by atoms with Gasteiger partial charge in [0.15, 0.2) is 0 Å². The van der Waals surface area contributed by atoms with Gasteiger partial charge >= 0.3 is 5.97 Å². The van der Waals surface area contributed by atoms with E-state index in [1.165, 1.54) is 0 Å². The molecule has 0 radical (unpaired) electrons. The second kappa shape index (κ2) is 3.82. The Hall–Kier alpha value is -1.40. The fourth-order valence-corrected chi connectivity index (χ4v) is 2.73. The summed E-state index contributed by atoms with van der Waals surface area (Å²) in [6.45, 7) is 4.08. The smallest absolute Gasteiger partial charge is 0.305 e. The summed E-state index contributed by atoms with van der Waals surface area (Å²) < 4.78 is 2.14. The third kappa shape index (κ3) is 1.73. The minimum atomic E-state index is -0.722. The van der Waals surface area contributed by atoms with Crippen molar-refractivity contribution in [3.8, 4) is 0 Å². The molecule has 2 aliphatic heterocycles. The molecule has 17 heavy (non-hydrogen) atoms. The average Bonchev–Trinajstić information content (AvgIpc) is 2.69. The molecule has 0 aliphatic carbocycles. The molecular weight excluding hydrogens is 220 g/mol. The third-order valence-corrected chi connectivity index (χ3v) is 3.80. The standard InChI is InChI=1S/C11H16N4O2/c16-10(17)5-11(7-12-8-11)15-4-3-14-2-1-13-9(14)6-15/h1-2,12H,3-8H2,(H,16,17). The van der Waals surface area contributed by atoms with Gasteiger partial charge in [0.25, 0.3) is 0 Å². The molecular formula is C11H16N4O2. The van der Waals surface area contributed by atoms with E-state index in [9.17, 15) is 4.79 Å². The van der Waals surface area contributed by atoms with Crippen LogP contribution < -0.4 is 5.32 Å². The van der Waals surface area contributed by atoms with Gasteiger partial charge in [0.2, 0.25) is 0 Å². The van der Waals surface area contributed by atoms with Crippen LogP contribution in [0.4, 0.5) is 0 Å². The predicted octanol–water partition coefficient (Wildman–Crippen LogP) is -0.485. The number of rotatable bonds is 3. The van der Waals surface area contributed by atoms with Crippen molar-refractivity contribution in [2.24, 2.45) is 0 Å². The number of hydrogen-bond donors (Lipinski definition) is 2. The minimum Gasteiger partial charge on any atom is -0.481 e. The van der Waals surface area contributed by atoms with Gasteiger partial charge in [-0.05, 0) is 0 Å². The fraction of sp³-hybridized carbons (Fsp3) is 0.636. The highest BCUT2D eigenvalue weighted by Gasteiger charge is 2.45. The average molecular weight is 236 g/mol. The lowest BCUT2D eigenvalue weighted by Gasteiger charge is -2.51. The van der Waals surface area contributed by atoms with Crippen molar-refractivity contribution in [1.82, 2.24) is 19.8 Å². The monoisotopic (exact) mass is 236 g/mol. The van der Waals surface area contributed by atoms with Crippen molar-refractivity contribution in [3.05, 3.63) is 18.2 Å². The van der Waals surface area contributed by atoms with E-state index >= 15 is 0 Å². The Bertz CT molecular complexity index is 438. The largest absolute Gasteiger partial charge is 0.481 e. The summed E-state index contributed by atoms with van der Waals surface area (Å²) in [5.74, 6) is 0.313. The van der Waals surface area contributed by atoms with E-state index in [4.69, 9.17) is 5.11 Å². The summed E-state index contributed by atoms with van der Waals surface area (Å²) in [7, 11) is 0. The van der Waals surface area contributed by atoms with Gasteiger partial charge in [0.1, 0.15) is 5.82 Å². The van der Waals surface area contributed by atoms with Crippen LogP contribution in [0.2, 0.25) is 0 Å². The van der Waals surface area contributed by atoms with Crippen molar-refractivity contribution < 1.29 is 9.90 Å². The van der Waals surface area contributed by atoms with Crippen LogP contribution in [-0.2, 0) is 17.9 Å². The molecule has 0 atom stereocenters. The van der Waals surface area contributed by atoms with Crippen molar-refractivity contribution >= 4 is 5.97 Å². The molecule has 1 saturated heterocycles. The maximum Gasteiger partial charge on any atom is 0.305 e. The van der Waals surface area contributed by atoms with Gasteiger partial charge in [-0.15, -0.1) is 0 Å². The molecule has 0 saturated carbocycles. The molecule has 3 heterocycles. The first-order chi connectivity index (χ1) is 8.20. The summed E-state index contributed by atoms with van der Waals surface area (Å²) in [6, 6.07) is 0. The highest BCUT2D eigenvalue weighted by atomic mass is 16.4. The van der Waals surface area contributed by atoms with Crippen molar-refractivity contribution in [1.29, 1.82) is 0 Å². The zero-order chi connectivity index (χ0) is 11.9. The molecule has 0 bridgehead atoms. The Kier molecular flexibility index (Phi) is 2.41. The third-order valence-electron chi connectivity index (χ3n) is 3.80. The van der Waals surface area contributed by atoms with Crippen LogP contribution in [0.1, 0.15) is 12.2 Å². The lowest BCUT2D eigenvalue weighted by atomic mass is 9.86. The number of fused-ring (bicyclic) bond motifs is 1. The number of nitrogens with zero attached hydrogens (tertiary/aromatic N) is 3. The fourth-order valence-electron chi connectivity index (χ4n) is 2.73. The highest BCUT2D eigenvalue weighted by Crippen LogP contribution is 2.28. The Labute approximate surface area is 99.2 Å². The molecule has 2 aliphatic rings. The maximum atomic E-state index is 11.0. The van der Waals surface area contributed by atoms with E-state index in [-0.39, 0.29) is 12.0 Å². The summed E-state index contributed by atoms with van der Waals surface area (Å²) in [4.78, 5) is 17.5. The van der Waals surface area contributed by atoms with Gasteiger partial charge in [0.05, 0.1) is 18.5 Å². The van der Waals surface area contributed by atoms with Crippen LogP contribution in [0.3, 0.4) is 0 Å². The van der Waals surface area contributed by atoms with Crippen LogP contribution in [-0.4, -0.2) is 50.7 Å². The van der Waals surface area contributed by atoms with E-state index in [1.807, 2.05) is 12.4 Å². The lowest BCUT2D eigenvalue weighted by Crippen LogP contribution is -2.70. The van der Waals surface area contributed by atoms with E-state index < -0.39 is 5.97 Å². The second-order valence-corrected chi connectivity index (χ2v) is 4.86. The van der Waals surface area contributed by atoms with Gasteiger partial charge in [-0.2, -0.15) is 0 Å². The summed E-state index contributed by atoms with van der Waals surface area (Å²) in [6.07, 6.45) is 4.00. The Morgan fingerprint density at radius 2 is 2.35 bits per heavy atom. The zero-order valence-electron chi connectivity index (χ0n) is 9.59. The van der Waals surface area contributed by atoms with Crippen molar-refractivity contribution in [2.45, 2.75) is 25.0 Å². The van der Waals surface area contributed by atoms with Crippen molar-refractivity contribution in [2.75, 3.05) is 19.6 Å². The summed E-state index contributed by atoms with van der Waals surface area (Å²) in [5.41, 5.74) is -0.205. The number of carboxylic acids is 1. The van der Waals surface area contributed by atoms with Crippen LogP contribution in [0.15, 0.2) is 12.4 Å². The maximum absolute atomic E-state index is 11.0. The van der Waals surface area contributed by atoms with E-state index in [0.717, 1.165) is 38.5 Å². The minimum absolute atomic E-state index is 0.205. The molecule has 0 spiro atoms. The number of nitrogens with one attached hydrogen (secondary N) is 1. The molecule has 1 aromatic heterocycles. The van der Waals surface area contributed by atoms with E-state index in [1.54, 1.807) is 0 Å². The van der Waals surface area contributed by atoms with Gasteiger partial charge in [-0.1, -0.05) is 0 Å². The topological polar surface area (TPSA) is 70.4 Å². The first kappa shape index (κ1) is 10.7. The molecule has 3 rings (SSSR count). The number of hydrogen-bond acceptors (Lipinski definition) is 4. The number of imidazole rings is 1. The van der Waals surface area contributed by atoms with Crippen LogP contribution >= 0.6 is 0 Å². The Balaban J connectivity index is 1.78. The van der Waals surface area contributed by atoms with Crippen molar-refractivity contribution in [3.63, 3.8) is 0 Å². The molecule has 6 nitrogen and oxygen atoms in total. The van der Waals surface area contributed by atoms with Gasteiger partial charge in [-0.3, -0.25) is 9.69 Å². The van der Waals surface area contributed by atoms with Gasteiger partial charge < -0.3 is 15.0 Å². The van der Waals surface area contributed by atoms with E-state index in [0.29, 0.717) is 0 Å². The first-order valence-corrected chi connectivity index (χ1v) is 5.87. The van der Waals surface area contributed by atoms with Gasteiger partial charge in [-0.25, -0.2) is 4.98 Å². The van der Waals surface area contributed by atoms with Crippen LogP contribution in [0.5, 0.6) is 0 Å². The summed E-state index contributed by atoms with van der Waals surface area (Å²) in [5, 5.41) is 12.2. The number of aliphatic carboxylic acids is 1. The second-order valence-electron chi connectivity index (χ2n) is 4.86. The first-order valence-electron chi connectivity index (χ1n) is 5.87. The quantitative estimate of drug-likeness (QED) is 0.741. The molecule has 2 N–H and O–H groups in total. The molecule has 0 unspecified atom stereocenters. The van der Waals surface area contributed by atoms with Crippen LogP contribution in [0.25, 0.3) is 0 Å². The molecule has 6 heteroatoms. The number of carbonyl (C=O) groups is 1. The Morgan fingerprint density at radius 1 is 1.53 bits per heavy atom. The van der Waals surface area contributed by atoms with Crippen LogP contribution in [0, 0.1) is 0 Å². The molecule has 1 fully saturated rings. The van der Waals surface area contributed by atoms with E-state index in [2.05, 4.69) is 19.8 Å². The predicted molar refractivity (Wildman–Crippen MR) is 60.5 cm³/mol. The highest BCUT2D eigenvalue weighted by molar-refractivity contribution is 5.68. The SMILES string of the molecule is O=C(O)CC1(N2CCn3ccnc3C2)CNC1. The molecule has 1 aromatic rings. The lowest BCUT2D eigenvalue weighted by molar-refractivity contribution is -0.142. The number of carboxylic acid groups (broad SMARTS) is 1. The molecule has 92 valence electrons. The summed E-state index contributed by atoms with van der Waals surface area (Å²) >= 11 is 0. The number of aromatic nitrogens is 2. The zero-order valence-corrected chi connectivity index (χ0v) is 9.59. The molecule has 0 aromatic carbocycles. The molecule has 0 amide bonds. The van der Waals surface area contributed by atoms with Gasteiger partial charge in [0, 0.05) is 38.6 Å². The normalized spacial score (nSPS) is 22.8. The Morgan fingerprint density at radius 3 is 3.00 bits per heavy atom.